The summed E-state index contributed by atoms with van der Waals surface area (Å²) >= 11 is 7.49. The van der Waals surface area contributed by atoms with Crippen molar-refractivity contribution in [2.24, 2.45) is 5.92 Å². The second-order valence-corrected chi connectivity index (χ2v) is 8.85. The van der Waals surface area contributed by atoms with Crippen molar-refractivity contribution in [2.45, 2.75) is 18.9 Å². The summed E-state index contributed by atoms with van der Waals surface area (Å²) in [4.78, 5) is 27.4. The topological polar surface area (TPSA) is 42.3 Å². The van der Waals surface area contributed by atoms with Crippen molar-refractivity contribution in [1.29, 1.82) is 0 Å². The zero-order valence-corrected chi connectivity index (χ0v) is 17.4. The van der Waals surface area contributed by atoms with E-state index in [0.29, 0.717) is 28.8 Å². The van der Waals surface area contributed by atoms with Crippen LogP contribution in [0.15, 0.2) is 41.2 Å². The lowest BCUT2D eigenvalue weighted by atomic mass is 9.83. The zero-order valence-electron chi connectivity index (χ0n) is 15.8. The first-order valence-corrected chi connectivity index (χ1v) is 11.3. The van der Waals surface area contributed by atoms with Crippen molar-refractivity contribution in [3.63, 3.8) is 0 Å². The van der Waals surface area contributed by atoms with Gasteiger partial charge in [-0.25, -0.2) is 0 Å². The predicted octanol–water partition coefficient (Wildman–Crippen LogP) is 3.98. The Morgan fingerprint density at radius 1 is 1.14 bits per heavy atom. The summed E-state index contributed by atoms with van der Waals surface area (Å²) in [7, 11) is 0. The number of likely N-dealkylation sites (tertiary alicyclic amines) is 1. The van der Waals surface area contributed by atoms with Gasteiger partial charge in [0, 0.05) is 41.8 Å². The standard InChI is InChI=1S/C22H23ClN2O2S/c1-28-14-21(26)24-11-16-10-18(13-24)20-9-6-17(22(27)25(20)12-16)5-2-15-3-7-19(23)8-4-15/h2-9,16,18H,10-14H2,1H3/t16-,18-/m1/s1. The largest absolute Gasteiger partial charge is 0.341 e. The maximum Gasteiger partial charge on any atom is 0.258 e. The van der Waals surface area contributed by atoms with E-state index in [-0.39, 0.29) is 17.4 Å². The van der Waals surface area contributed by atoms with Crippen molar-refractivity contribution in [2.75, 3.05) is 25.1 Å². The predicted molar refractivity (Wildman–Crippen MR) is 117 cm³/mol. The molecule has 28 heavy (non-hydrogen) atoms. The Bertz CT molecular complexity index is 967. The first kappa shape index (κ1) is 19.3. The second kappa shape index (κ2) is 8.18. The molecule has 0 aliphatic carbocycles. The van der Waals surface area contributed by atoms with Gasteiger partial charge in [0.25, 0.3) is 5.56 Å². The Morgan fingerprint density at radius 3 is 2.68 bits per heavy atom. The van der Waals surface area contributed by atoms with Gasteiger partial charge < -0.3 is 9.47 Å². The molecule has 146 valence electrons. The molecule has 0 spiro atoms. The molecule has 1 fully saturated rings. The third-order valence-corrected chi connectivity index (χ3v) is 6.37. The average Bonchev–Trinajstić information content (AvgIpc) is 2.69. The molecule has 1 aromatic heterocycles. The van der Waals surface area contributed by atoms with Crippen molar-refractivity contribution in [3.8, 4) is 0 Å². The number of halogens is 1. The Labute approximate surface area is 174 Å². The fraction of sp³-hybridized carbons (Fsp3) is 0.364. The molecular weight excluding hydrogens is 392 g/mol. The van der Waals surface area contributed by atoms with Gasteiger partial charge in [0.2, 0.25) is 5.91 Å². The number of rotatable bonds is 4. The van der Waals surface area contributed by atoms with E-state index >= 15 is 0 Å². The molecule has 3 heterocycles. The van der Waals surface area contributed by atoms with Crippen LogP contribution in [0.5, 0.6) is 0 Å². The highest BCUT2D eigenvalue weighted by molar-refractivity contribution is 7.99. The van der Waals surface area contributed by atoms with Crippen LogP contribution >= 0.6 is 23.4 Å². The molecule has 2 aliphatic rings. The zero-order chi connectivity index (χ0) is 19.7. The third kappa shape index (κ3) is 3.91. The van der Waals surface area contributed by atoms with E-state index in [0.717, 1.165) is 30.8 Å². The quantitative estimate of drug-likeness (QED) is 0.759. The van der Waals surface area contributed by atoms with Crippen LogP contribution in [0.1, 0.15) is 29.2 Å². The number of fused-ring (bicyclic) bond motifs is 4. The van der Waals surface area contributed by atoms with Crippen LogP contribution in [-0.2, 0) is 11.3 Å². The van der Waals surface area contributed by atoms with Gasteiger partial charge in [-0.15, -0.1) is 0 Å². The van der Waals surface area contributed by atoms with E-state index < -0.39 is 0 Å². The van der Waals surface area contributed by atoms with Crippen molar-refractivity contribution in [3.05, 3.63) is 68.6 Å². The molecule has 0 radical (unpaired) electrons. The number of nitrogens with zero attached hydrogens (tertiary/aromatic N) is 2. The molecule has 2 aromatic rings. The Balaban J connectivity index is 1.58. The maximum atomic E-state index is 13.0. The van der Waals surface area contributed by atoms with E-state index in [4.69, 9.17) is 11.6 Å². The molecule has 1 saturated heterocycles. The minimum Gasteiger partial charge on any atom is -0.341 e. The summed E-state index contributed by atoms with van der Waals surface area (Å²) in [5, 5.41) is 0.697. The van der Waals surface area contributed by atoms with Crippen molar-refractivity contribution >= 4 is 41.4 Å². The SMILES string of the molecule is CSCC(=O)N1C[C@H]2C[C@H](C1)c1ccc(C=Cc3ccc(Cl)cc3)c(=O)n1C2. The number of piperidine rings is 1. The number of carbonyl (C=O) groups excluding carboxylic acids is 1. The van der Waals surface area contributed by atoms with Gasteiger partial charge in [-0.1, -0.05) is 29.8 Å². The summed E-state index contributed by atoms with van der Waals surface area (Å²) < 4.78 is 1.93. The van der Waals surface area contributed by atoms with E-state index in [1.165, 1.54) is 0 Å². The van der Waals surface area contributed by atoms with Gasteiger partial charge in [0.1, 0.15) is 0 Å². The van der Waals surface area contributed by atoms with Crippen LogP contribution < -0.4 is 5.56 Å². The van der Waals surface area contributed by atoms with Crippen LogP contribution in [0.2, 0.25) is 5.02 Å². The molecule has 4 rings (SSSR count). The smallest absolute Gasteiger partial charge is 0.258 e. The molecule has 4 nitrogen and oxygen atoms in total. The molecule has 0 saturated carbocycles. The number of thioether (sulfide) groups is 1. The number of pyridine rings is 1. The molecule has 6 heteroatoms. The first-order valence-electron chi connectivity index (χ1n) is 9.49. The molecule has 2 atom stereocenters. The van der Waals surface area contributed by atoms with Crippen molar-refractivity contribution in [1.82, 2.24) is 9.47 Å². The van der Waals surface area contributed by atoms with Gasteiger partial charge in [0.15, 0.2) is 0 Å². The number of hydrogen-bond donors (Lipinski definition) is 0. The minimum absolute atomic E-state index is 0.0568. The Kier molecular flexibility index (Phi) is 5.65. The van der Waals surface area contributed by atoms with E-state index in [1.54, 1.807) is 11.8 Å². The lowest BCUT2D eigenvalue weighted by Crippen LogP contribution is -2.49. The number of amides is 1. The van der Waals surface area contributed by atoms with Crippen molar-refractivity contribution < 1.29 is 4.79 Å². The van der Waals surface area contributed by atoms with Crippen LogP contribution in [0.25, 0.3) is 12.2 Å². The summed E-state index contributed by atoms with van der Waals surface area (Å²) in [5.74, 6) is 1.34. The first-order chi connectivity index (χ1) is 13.5. The lowest BCUT2D eigenvalue weighted by molar-refractivity contribution is -0.131. The molecule has 2 bridgehead atoms. The Morgan fingerprint density at radius 2 is 1.93 bits per heavy atom. The van der Waals surface area contributed by atoms with Gasteiger partial charge in [-0.3, -0.25) is 9.59 Å². The van der Waals surface area contributed by atoms with Crippen LogP contribution in [0, 0.1) is 5.92 Å². The summed E-state index contributed by atoms with van der Waals surface area (Å²) in [6, 6.07) is 11.5. The van der Waals surface area contributed by atoms with Crippen LogP contribution in [0.3, 0.4) is 0 Å². The highest BCUT2D eigenvalue weighted by atomic mass is 35.5. The Hall–Kier alpha value is -1.98. The minimum atomic E-state index is 0.0568. The average molecular weight is 415 g/mol. The lowest BCUT2D eigenvalue weighted by Gasteiger charge is -2.42. The molecule has 1 amide bonds. The van der Waals surface area contributed by atoms with Gasteiger partial charge in [-0.2, -0.15) is 11.8 Å². The van der Waals surface area contributed by atoms with Gasteiger partial charge in [-0.05, 0) is 54.5 Å². The second-order valence-electron chi connectivity index (χ2n) is 7.54. The molecule has 0 N–H and O–H groups in total. The van der Waals surface area contributed by atoms with E-state index in [9.17, 15) is 9.59 Å². The van der Waals surface area contributed by atoms with Gasteiger partial charge in [0.05, 0.1) is 5.75 Å². The fourth-order valence-corrected chi connectivity index (χ4v) is 4.82. The summed E-state index contributed by atoms with van der Waals surface area (Å²) in [6.45, 7) is 2.16. The number of benzene rings is 1. The number of hydrogen-bond acceptors (Lipinski definition) is 3. The highest BCUT2D eigenvalue weighted by Gasteiger charge is 2.36. The molecule has 0 unspecified atom stereocenters. The van der Waals surface area contributed by atoms with E-state index in [2.05, 4.69) is 6.07 Å². The highest BCUT2D eigenvalue weighted by Crippen LogP contribution is 2.35. The maximum absolute atomic E-state index is 13.0. The normalized spacial score (nSPS) is 21.0. The third-order valence-electron chi connectivity index (χ3n) is 5.58. The monoisotopic (exact) mass is 414 g/mol. The molecule has 2 aliphatic heterocycles. The van der Waals surface area contributed by atoms with E-state index in [1.807, 2.05) is 58.2 Å². The summed E-state index contributed by atoms with van der Waals surface area (Å²) in [6.07, 6.45) is 6.82. The number of carbonyl (C=O) groups is 1. The van der Waals surface area contributed by atoms with Crippen LogP contribution in [0.4, 0.5) is 0 Å². The molecule has 1 aromatic carbocycles. The fourth-order valence-electron chi connectivity index (χ4n) is 4.27. The molecular formula is C22H23ClN2O2S. The van der Waals surface area contributed by atoms with Crippen LogP contribution in [-0.4, -0.2) is 40.5 Å². The van der Waals surface area contributed by atoms with Gasteiger partial charge >= 0.3 is 0 Å². The number of aromatic nitrogens is 1. The summed E-state index contributed by atoms with van der Waals surface area (Å²) in [5.41, 5.74) is 2.81.